The van der Waals surface area contributed by atoms with Crippen LogP contribution in [0.4, 0.5) is 0 Å². The zero-order valence-corrected chi connectivity index (χ0v) is 81.6. The van der Waals surface area contributed by atoms with Crippen molar-refractivity contribution in [2.45, 2.75) is 338 Å². The molecule has 56 atom stereocenters. The highest BCUT2D eigenvalue weighted by Crippen LogP contribution is 2.64. The summed E-state index contributed by atoms with van der Waals surface area (Å²) in [7, 11) is -40.3. The minimum Gasteiger partial charge on any atom is -0.477 e. The maximum atomic E-state index is 14.8. The molecule has 81 heteroatoms. The van der Waals surface area contributed by atoms with Gasteiger partial charge in [-0.2, -0.15) is 12.9 Å². The lowest BCUT2D eigenvalue weighted by atomic mass is 9.89. The average Bonchev–Trinajstić information content (AvgIpc) is 0.744. The zero-order chi connectivity index (χ0) is 112. The minimum atomic E-state index is -7.17. The number of phosphoric ester groups is 4. The van der Waals surface area contributed by atoms with Gasteiger partial charge in [-0.25, -0.2) is 37.0 Å². The van der Waals surface area contributed by atoms with Gasteiger partial charge in [0.1, 0.15) is 232 Å². The van der Waals surface area contributed by atoms with E-state index in [2.05, 4.69) is 17.5 Å². The zero-order valence-electron chi connectivity index (χ0n) is 76.2. The molecule has 0 saturated carbocycles. The summed E-state index contributed by atoms with van der Waals surface area (Å²) in [6.07, 6.45) is -133. The van der Waals surface area contributed by atoms with E-state index in [9.17, 15) is 234 Å². The summed E-state index contributed by atoms with van der Waals surface area (Å²) in [5.41, 5.74) is 12.3. The van der Waals surface area contributed by atoms with Crippen molar-refractivity contribution in [3.63, 3.8) is 0 Å². The van der Waals surface area contributed by atoms with Gasteiger partial charge < -0.3 is 299 Å². The number of carbonyl (C=O) groups is 2. The number of hydrogen-bond donors (Lipinski definition) is 41. The van der Waals surface area contributed by atoms with E-state index >= 15 is 0 Å². The van der Waals surface area contributed by atoms with Crippen LogP contribution in [0.2, 0.25) is 0 Å². The van der Waals surface area contributed by atoms with Gasteiger partial charge >= 0.3 is 58.9 Å². The molecule has 0 amide bonds. The van der Waals surface area contributed by atoms with Gasteiger partial charge in [0.25, 0.3) is 11.6 Å². The smallest absolute Gasteiger partial charge is 0.477 e. The van der Waals surface area contributed by atoms with E-state index < -0.39 is 463 Å². The number of carboxylic acid groups (broad SMARTS) is 2. The van der Waals surface area contributed by atoms with Crippen molar-refractivity contribution >= 4 is 58.9 Å². The van der Waals surface area contributed by atoms with E-state index in [-0.39, 0.29) is 0 Å². The Morgan fingerprint density at radius 3 is 1.29 bits per heavy atom. The Morgan fingerprint density at radius 2 is 0.792 bits per heavy atom. The van der Waals surface area contributed by atoms with E-state index in [0.29, 0.717) is 0 Å². The Balaban J connectivity index is 1.13. The third-order valence-corrected chi connectivity index (χ3v) is 31.5. The van der Waals surface area contributed by atoms with Crippen LogP contribution in [-0.4, -0.2) is 600 Å². The normalized spacial score (nSPS) is 45.9. The summed E-state index contributed by atoms with van der Waals surface area (Å²) in [6.45, 7) is -14.4. The number of phosphoric acid groups is 6. The maximum Gasteiger partial charge on any atom is 0.481 e. The van der Waals surface area contributed by atoms with Crippen LogP contribution in [0.15, 0.2) is 0 Å². The molecule has 872 valence electrons. The van der Waals surface area contributed by atoms with Gasteiger partial charge in [0.2, 0.25) is 0 Å². The number of nitrogens with two attached hydrogens (primary N) is 2. The van der Waals surface area contributed by atoms with E-state index in [1.165, 1.54) is 0 Å². The van der Waals surface area contributed by atoms with Crippen LogP contribution in [0.1, 0.15) is 19.8 Å². The summed E-state index contributed by atoms with van der Waals surface area (Å²) >= 11 is 0. The van der Waals surface area contributed by atoms with Crippen molar-refractivity contribution in [3.05, 3.63) is 0 Å². The lowest BCUT2D eigenvalue weighted by Crippen LogP contribution is -2.71. The van der Waals surface area contributed by atoms with Crippen molar-refractivity contribution in [2.75, 3.05) is 72.6 Å². The molecule has 10 rings (SSSR count). The predicted molar refractivity (Wildman–Crippen MR) is 443 cm³/mol. The Kier molecular flexibility index (Phi) is 45.4. The molecule has 0 spiro atoms. The highest BCUT2D eigenvalue weighted by molar-refractivity contribution is 7.61. The van der Waals surface area contributed by atoms with E-state index in [4.69, 9.17) is 115 Å². The average molecular weight is 2320 g/mol. The molecular weight excluding hydrogens is 2200 g/mol. The van der Waals surface area contributed by atoms with Gasteiger partial charge in [-0.15, -0.1) is 0 Å². The largest absolute Gasteiger partial charge is 0.481 e. The van der Waals surface area contributed by atoms with E-state index in [1.54, 1.807) is 0 Å². The molecular formula is C68H122N2O73P6. The van der Waals surface area contributed by atoms with E-state index in [1.807, 2.05) is 0 Å². The van der Waals surface area contributed by atoms with Crippen LogP contribution in [0, 0.1) is 0 Å². The molecule has 10 aliphatic rings. The number of rotatable bonds is 48. The summed E-state index contributed by atoms with van der Waals surface area (Å²) < 4.78 is 223. The van der Waals surface area contributed by atoms with Crippen LogP contribution in [-0.2, 0) is 158 Å². The lowest BCUT2D eigenvalue weighted by molar-refractivity contribution is -0.405. The molecule has 149 heavy (non-hydrogen) atoms. The third-order valence-electron chi connectivity index (χ3n) is 24.5. The van der Waals surface area contributed by atoms with Gasteiger partial charge in [-0.1, -0.05) is 0 Å². The van der Waals surface area contributed by atoms with Gasteiger partial charge in [-0.3, -0.25) is 18.1 Å². The number of aliphatic carboxylic acids is 2. The molecule has 0 radical (unpaired) electrons. The predicted octanol–water partition coefficient (Wildman–Crippen LogP) is -22.7. The highest BCUT2D eigenvalue weighted by atomic mass is 31.3. The summed E-state index contributed by atoms with van der Waals surface area (Å²) in [4.78, 5) is 111. The fourth-order valence-electron chi connectivity index (χ4n) is 17.0. The number of carboxylic acids is 2. The standard InChI is InChI=1S/C68H122N2O73P6/c1-15-28(82)38(92)53(133-59-40(94)35(89)31(85)22(10-75)123-59)63(121-15)119-14-26-33(87)36(90)41(95)60(125-26)129-50-23(11-76)124-57(27(70)51(50)131-61-42(96)37(91)32(86)25(126-61)13-118-58-39(93)34(88)30(84)21(9-74)122-58)132-52-43(97)48(24(12-77)138-147(112,113)141-144(104,105)106)128-62(44(52)98)134-54-55(139-148(114,115)142-145(107,108)109)46(18(80)7-72)127-64(56(54)140-149(116,117)143-146(110,111)120-3-2-69)130-49-20(5-67(103,65(99)100)136-47(49)19(81)8-73)135-68(66(101)102)4-16(78)29(83)45(137-68)17(79)6-71/h15-64,71-98,103H,2-14,69-70H2,1H3,(H,99,100)(H,101,102)(H,110,111)(H,112,113)(H,114,115)(H,116,117)(H2,104,105,106)(H2,107,108,109)/t15-,16+,17+,18-,19+,20+,21+,22+,23+,24-,25+,26+,27+,28-,29+,30+,31+,32+,33+,34-,35-,36-,37-,38+,39+,40+,41+,42+,43+,44-,45+,46+,47+,48+,49+,50-,51+,52-,53+,54-,55+,56-,57+,58-,59-,60+,61-,62+,63+,64+,67+,68+/m0/s1. The highest BCUT2D eigenvalue weighted by Gasteiger charge is 2.67. The molecule has 4 unspecified atom stereocenters. The Labute approximate surface area is 833 Å². The summed E-state index contributed by atoms with van der Waals surface area (Å²) in [5.74, 6) is -13.0. The first kappa shape index (κ1) is 128. The molecule has 10 heterocycles. The molecule has 10 fully saturated rings. The molecule has 0 aromatic carbocycles. The molecule has 0 bridgehead atoms. The second kappa shape index (κ2) is 52.7. The first-order chi connectivity index (χ1) is 69.1. The molecule has 10 saturated heterocycles. The monoisotopic (exact) mass is 2320 g/mol. The van der Waals surface area contributed by atoms with Crippen molar-refractivity contribution in [3.8, 4) is 0 Å². The Bertz CT molecular complexity index is 4550. The fourth-order valence-corrected chi connectivity index (χ4v) is 22.8. The van der Waals surface area contributed by atoms with Gasteiger partial charge in [0, 0.05) is 19.4 Å². The van der Waals surface area contributed by atoms with Crippen molar-refractivity contribution in [2.24, 2.45) is 11.5 Å². The number of ether oxygens (including phenoxy) is 19. The molecule has 10 aliphatic heterocycles. The summed E-state index contributed by atoms with van der Waals surface area (Å²) in [5, 5.41) is 345. The van der Waals surface area contributed by atoms with Crippen LogP contribution in [0.5, 0.6) is 0 Å². The molecule has 0 aromatic rings. The van der Waals surface area contributed by atoms with Crippen molar-refractivity contribution in [1.29, 1.82) is 0 Å². The van der Waals surface area contributed by atoms with Gasteiger partial charge in [0.05, 0.1) is 90.4 Å². The number of hydrogen-bond acceptors (Lipinski definition) is 65. The first-order valence-corrected chi connectivity index (χ1v) is 53.1. The second-order valence-electron chi connectivity index (χ2n) is 35.0. The Morgan fingerprint density at radius 1 is 0.369 bits per heavy atom. The first-order valence-electron chi connectivity index (χ1n) is 44.0. The third kappa shape index (κ3) is 30.8. The lowest BCUT2D eigenvalue weighted by Gasteiger charge is -2.53. The number of aliphatic hydroxyl groups excluding tert-OH is 28. The van der Waals surface area contributed by atoms with Crippen LogP contribution in [0.25, 0.3) is 0 Å². The minimum absolute atomic E-state index is 0.807. The SMILES string of the molecule is C[C@@H]1O[C@@H](OC[C@H]2O[C@H](O[C@@H]3[C@H](O[C@@H]4O[C@H](CO[C@H]5O[C@H](CO)[C@@H](O)[C@H](O)[C@H]5O)[C@@H](O)[C@H](O)[C@H]4O)[C@@H](N)[C@@H](O[C@@H]4[C@H](O)[C@@H](O[C@H]5[C@H](OP(=O)(O)OP(=O)(O)O)[C@@H]([C@@H](O)CO)O[C@H](O[C@H]6[C@@H]([C@H](O)CO)O[C@@](O)(C(=O)O)C[C@H]6O[C@]6(C(=O)O)C[C@@H](O)[C@@H](O)[C@@H]([C@H](O)CO)O6)[C@H]5OP(=O)(O)OP(=O)(O)OCCN)O[C@H]([C@H](CO)OP(=O)(O)OP(=O)(O)O)[C@H]4O)O[C@@H]3CO)[C@H](O)[C@@H](O)[C@@H]2O)[C@H](O[C@@H]2O[C@H](CO)[C@@H](O)[C@H](O)[C@H]2O)[C@H](O)[C@H]1O. The summed E-state index contributed by atoms with van der Waals surface area (Å²) in [6, 6.07) is -2.71. The van der Waals surface area contributed by atoms with Crippen molar-refractivity contribution in [1.82, 2.24) is 0 Å². The molecule has 75 nitrogen and oxygen atoms in total. The van der Waals surface area contributed by atoms with Crippen LogP contribution >= 0.6 is 46.9 Å². The topological polar surface area (TPSA) is 1220 Å². The maximum absolute atomic E-state index is 14.8. The number of aliphatic hydroxyl groups is 29. The molecule has 0 aromatic heterocycles. The molecule has 43 N–H and O–H groups in total. The van der Waals surface area contributed by atoms with E-state index in [0.717, 1.165) is 6.92 Å². The quantitative estimate of drug-likeness (QED) is 0.0252. The van der Waals surface area contributed by atoms with Crippen LogP contribution in [0.3, 0.4) is 0 Å². The fraction of sp³-hybridized carbons (Fsp3) is 0.971. The second-order valence-corrected chi connectivity index (χ2v) is 43.5. The van der Waals surface area contributed by atoms with Gasteiger partial charge in [-0.05, 0) is 6.92 Å². The Hall–Kier alpha value is -2.28. The van der Waals surface area contributed by atoms with Crippen LogP contribution < -0.4 is 11.5 Å². The molecule has 0 aliphatic carbocycles. The van der Waals surface area contributed by atoms with Crippen molar-refractivity contribution < 1.29 is 355 Å². The van der Waals surface area contributed by atoms with Gasteiger partial charge in [0.15, 0.2) is 50.3 Å².